The first-order chi connectivity index (χ1) is 27.2. The van der Waals surface area contributed by atoms with Crippen molar-refractivity contribution in [2.24, 2.45) is 5.92 Å². The number of aromatic amines is 1. The Bertz CT molecular complexity index is 2360. The van der Waals surface area contributed by atoms with E-state index in [9.17, 15) is 5.26 Å². The van der Waals surface area contributed by atoms with E-state index < -0.39 is 0 Å². The van der Waals surface area contributed by atoms with Crippen LogP contribution in [0.3, 0.4) is 0 Å². The predicted molar refractivity (Wildman–Crippen MR) is 223 cm³/mol. The first-order valence-corrected chi connectivity index (χ1v) is 19.8. The van der Waals surface area contributed by atoms with Gasteiger partial charge < -0.3 is 29.4 Å². The maximum atomic E-state index is 9.37. The average molecular weight is 810 g/mol. The van der Waals surface area contributed by atoms with E-state index in [4.69, 9.17) is 49.0 Å². The van der Waals surface area contributed by atoms with Crippen molar-refractivity contribution in [3.8, 4) is 34.4 Å². The lowest BCUT2D eigenvalue weighted by atomic mass is 9.96. The van der Waals surface area contributed by atoms with E-state index in [1.165, 1.54) is 12.6 Å². The van der Waals surface area contributed by atoms with Crippen LogP contribution in [0.2, 0.25) is 15.1 Å². The van der Waals surface area contributed by atoms with Gasteiger partial charge >= 0.3 is 0 Å². The van der Waals surface area contributed by atoms with Crippen molar-refractivity contribution in [3.63, 3.8) is 0 Å². The molecule has 4 aromatic carbocycles. The summed E-state index contributed by atoms with van der Waals surface area (Å²) >= 11 is 20.0. The van der Waals surface area contributed by atoms with E-state index in [2.05, 4.69) is 51.3 Å². The summed E-state index contributed by atoms with van der Waals surface area (Å²) in [5.41, 5.74) is 7.83. The van der Waals surface area contributed by atoms with E-state index in [0.29, 0.717) is 69.9 Å². The number of hydrogen-bond donors (Lipinski definition) is 2. The SMILES string of the molecule is Cc1c(COc2cc(OCc3cncc(C#N)c3)c(CNCCc3nc4cc(Cl)ccc4[nH]3)cc2Cl)cccc1-c1cccc(OCC2CCCN(C)C2)c1Cl. The summed E-state index contributed by atoms with van der Waals surface area (Å²) in [6.07, 6.45) is 6.24. The zero-order chi connectivity index (χ0) is 39.0. The summed E-state index contributed by atoms with van der Waals surface area (Å²) in [5, 5.41) is 14.6. The summed E-state index contributed by atoms with van der Waals surface area (Å²) in [5.74, 6) is 3.14. The maximum absolute atomic E-state index is 9.37. The standard InChI is InChI=1S/C44H43Cl3N6O3/c1-28-32(7-3-8-35(28)36-9-4-10-40(44(36)47)54-25-29-6-5-15-53(2)24-29)27-56-42-19-41(55-26-31-16-30(20-48)21-50-22-31)33(17-37(42)46)23-49-14-13-43-51-38-12-11-34(45)18-39(38)52-43/h3-4,7-12,16-19,21-22,29,49H,5-6,13-15,23-27H2,1-2H3,(H,51,52). The highest BCUT2D eigenvalue weighted by Gasteiger charge is 2.20. The van der Waals surface area contributed by atoms with Gasteiger partial charge in [0.15, 0.2) is 0 Å². The molecule has 0 spiro atoms. The second-order valence-corrected chi connectivity index (χ2v) is 15.4. The highest BCUT2D eigenvalue weighted by molar-refractivity contribution is 6.35. The molecule has 6 aromatic rings. The van der Waals surface area contributed by atoms with Gasteiger partial charge in [-0.15, -0.1) is 0 Å². The van der Waals surface area contributed by atoms with E-state index >= 15 is 0 Å². The number of halogens is 3. The summed E-state index contributed by atoms with van der Waals surface area (Å²) in [4.78, 5) is 14.5. The van der Waals surface area contributed by atoms with E-state index in [1.807, 2.05) is 60.7 Å². The first kappa shape index (κ1) is 39.4. The Kier molecular flexibility index (Phi) is 13.0. The van der Waals surface area contributed by atoms with E-state index in [0.717, 1.165) is 69.7 Å². The zero-order valence-corrected chi connectivity index (χ0v) is 33.6. The number of rotatable bonds is 15. The monoisotopic (exact) mass is 808 g/mol. The molecular weight excluding hydrogens is 767 g/mol. The Morgan fingerprint density at radius 2 is 1.75 bits per heavy atom. The smallest absolute Gasteiger partial charge is 0.142 e. The molecule has 1 aliphatic heterocycles. The van der Waals surface area contributed by atoms with Crippen LogP contribution in [-0.4, -0.2) is 53.1 Å². The molecule has 0 radical (unpaired) electrons. The molecule has 1 fully saturated rings. The number of ether oxygens (including phenoxy) is 3. The molecule has 12 heteroatoms. The van der Waals surface area contributed by atoms with Crippen LogP contribution in [0.15, 0.2) is 85.2 Å². The van der Waals surface area contributed by atoms with Gasteiger partial charge in [0.05, 0.1) is 33.2 Å². The number of H-pyrrole nitrogens is 1. The summed E-state index contributed by atoms with van der Waals surface area (Å²) in [7, 11) is 2.16. The minimum Gasteiger partial charge on any atom is -0.492 e. The van der Waals surface area contributed by atoms with Gasteiger partial charge in [0.2, 0.25) is 0 Å². The maximum Gasteiger partial charge on any atom is 0.142 e. The van der Waals surface area contributed by atoms with Crippen LogP contribution in [0.5, 0.6) is 17.2 Å². The Morgan fingerprint density at radius 1 is 0.911 bits per heavy atom. The number of nitriles is 1. The van der Waals surface area contributed by atoms with Gasteiger partial charge in [0.1, 0.15) is 42.4 Å². The van der Waals surface area contributed by atoms with Gasteiger partial charge in [0, 0.05) is 72.1 Å². The zero-order valence-electron chi connectivity index (χ0n) is 31.4. The minimum absolute atomic E-state index is 0.209. The van der Waals surface area contributed by atoms with Gasteiger partial charge in [-0.3, -0.25) is 4.98 Å². The number of benzene rings is 4. The molecule has 0 amide bonds. The lowest BCUT2D eigenvalue weighted by Gasteiger charge is -2.29. The van der Waals surface area contributed by atoms with Gasteiger partial charge in [0.25, 0.3) is 0 Å². The number of imidazole rings is 1. The van der Waals surface area contributed by atoms with Crippen LogP contribution in [0, 0.1) is 24.2 Å². The lowest BCUT2D eigenvalue weighted by Crippen LogP contribution is -2.34. The number of nitrogens with one attached hydrogen (secondary N) is 2. The Labute approximate surface area is 342 Å². The van der Waals surface area contributed by atoms with Crippen LogP contribution < -0.4 is 19.5 Å². The number of pyridine rings is 1. The molecule has 1 aliphatic rings. The number of fused-ring (bicyclic) bond motifs is 1. The van der Waals surface area contributed by atoms with Crippen molar-refractivity contribution in [1.29, 1.82) is 5.26 Å². The average Bonchev–Trinajstić information content (AvgIpc) is 3.61. The van der Waals surface area contributed by atoms with Crippen LogP contribution in [-0.2, 0) is 26.2 Å². The molecule has 9 nitrogen and oxygen atoms in total. The molecule has 288 valence electrons. The van der Waals surface area contributed by atoms with Gasteiger partial charge in [-0.2, -0.15) is 5.26 Å². The van der Waals surface area contributed by atoms with Crippen molar-refractivity contribution in [2.75, 3.05) is 33.3 Å². The van der Waals surface area contributed by atoms with Crippen molar-refractivity contribution in [3.05, 3.63) is 134 Å². The molecule has 3 heterocycles. The third-order valence-electron chi connectivity index (χ3n) is 10.1. The van der Waals surface area contributed by atoms with Gasteiger partial charge in [-0.1, -0.05) is 65.1 Å². The van der Waals surface area contributed by atoms with E-state index in [1.54, 1.807) is 12.3 Å². The molecule has 1 atom stereocenters. The molecule has 2 aromatic heterocycles. The van der Waals surface area contributed by atoms with Crippen LogP contribution >= 0.6 is 34.8 Å². The third-order valence-corrected chi connectivity index (χ3v) is 11.0. The Balaban J connectivity index is 1.05. The fourth-order valence-electron chi connectivity index (χ4n) is 7.06. The van der Waals surface area contributed by atoms with Crippen molar-refractivity contribution >= 4 is 45.8 Å². The van der Waals surface area contributed by atoms with Crippen LogP contribution in [0.1, 0.15) is 46.5 Å². The molecule has 1 saturated heterocycles. The number of piperidine rings is 1. The Hall–Kier alpha value is -4.82. The van der Waals surface area contributed by atoms with Gasteiger partial charge in [-0.25, -0.2) is 4.98 Å². The largest absolute Gasteiger partial charge is 0.492 e. The lowest BCUT2D eigenvalue weighted by molar-refractivity contribution is 0.150. The molecule has 7 rings (SSSR count). The summed E-state index contributed by atoms with van der Waals surface area (Å²) in [6, 6.07) is 25.3. The van der Waals surface area contributed by atoms with Crippen molar-refractivity contribution < 1.29 is 14.2 Å². The van der Waals surface area contributed by atoms with Gasteiger partial charge in [-0.05, 0) is 86.4 Å². The van der Waals surface area contributed by atoms with Crippen molar-refractivity contribution in [2.45, 2.75) is 45.9 Å². The topological polar surface area (TPSA) is 108 Å². The normalized spacial score (nSPS) is 14.5. The highest BCUT2D eigenvalue weighted by Crippen LogP contribution is 2.39. The molecule has 56 heavy (non-hydrogen) atoms. The Morgan fingerprint density at radius 3 is 2.61 bits per heavy atom. The number of aromatic nitrogens is 3. The van der Waals surface area contributed by atoms with E-state index in [-0.39, 0.29) is 13.2 Å². The molecule has 0 bridgehead atoms. The fourth-order valence-corrected chi connectivity index (χ4v) is 7.75. The second-order valence-electron chi connectivity index (χ2n) is 14.2. The van der Waals surface area contributed by atoms with Crippen LogP contribution in [0.25, 0.3) is 22.2 Å². The molecule has 2 N–H and O–H groups in total. The fraction of sp³-hybridized carbons (Fsp3) is 0.295. The third kappa shape index (κ3) is 9.76. The molecule has 0 saturated carbocycles. The molecule has 1 unspecified atom stereocenters. The quantitative estimate of drug-likeness (QED) is 0.0988. The molecule has 0 aliphatic carbocycles. The number of hydrogen-bond acceptors (Lipinski definition) is 8. The highest BCUT2D eigenvalue weighted by atomic mass is 35.5. The minimum atomic E-state index is 0.209. The number of nitrogens with zero attached hydrogens (tertiary/aromatic N) is 4. The predicted octanol–water partition coefficient (Wildman–Crippen LogP) is 9.98. The molecular formula is C44H43Cl3N6O3. The summed E-state index contributed by atoms with van der Waals surface area (Å²) in [6.45, 7) is 6.51. The second kappa shape index (κ2) is 18.4. The first-order valence-electron chi connectivity index (χ1n) is 18.7. The van der Waals surface area contributed by atoms with Crippen molar-refractivity contribution in [1.82, 2.24) is 25.2 Å². The van der Waals surface area contributed by atoms with Crippen LogP contribution in [0.4, 0.5) is 0 Å². The summed E-state index contributed by atoms with van der Waals surface area (Å²) < 4.78 is 19.0. The number of likely N-dealkylation sites (tertiary alicyclic amines) is 1.